The maximum absolute atomic E-state index is 11.5. The van der Waals surface area contributed by atoms with Gasteiger partial charge in [0.05, 0.1) is 7.11 Å². The fraction of sp³-hybridized carbons (Fsp3) is 0.333. The maximum atomic E-state index is 11.5. The maximum Gasteiger partial charge on any atom is 0.243 e. The number of rotatable bonds is 4. The van der Waals surface area contributed by atoms with Crippen LogP contribution in [0.2, 0.25) is 0 Å². The van der Waals surface area contributed by atoms with E-state index in [1.54, 1.807) is 7.11 Å². The van der Waals surface area contributed by atoms with E-state index in [4.69, 9.17) is 4.74 Å². The summed E-state index contributed by atoms with van der Waals surface area (Å²) in [5.74, 6) is 0.599. The van der Waals surface area contributed by atoms with Crippen molar-refractivity contribution in [2.45, 2.75) is 12.0 Å². The van der Waals surface area contributed by atoms with E-state index in [0.717, 1.165) is 11.3 Å². The first-order chi connectivity index (χ1) is 8.26. The first-order valence-corrected chi connectivity index (χ1v) is 5.37. The van der Waals surface area contributed by atoms with E-state index in [1.165, 1.54) is 0 Å². The molecule has 5 heteroatoms. The average Bonchev–Trinajstić information content (AvgIpc) is 2.72. The average molecular weight is 234 g/mol. The van der Waals surface area contributed by atoms with Crippen LogP contribution < -0.4 is 15.4 Å². The second kappa shape index (κ2) is 4.86. The van der Waals surface area contributed by atoms with Crippen molar-refractivity contribution in [1.29, 1.82) is 0 Å². The molecule has 90 valence electrons. The summed E-state index contributed by atoms with van der Waals surface area (Å²) in [5.41, 5.74) is 1.00. The Labute approximate surface area is 99.2 Å². The zero-order chi connectivity index (χ0) is 12.3. The second-order valence-electron chi connectivity index (χ2n) is 3.89. The number of hydrogen-bond donors (Lipinski definition) is 2. The van der Waals surface area contributed by atoms with Crippen LogP contribution in [0.5, 0.6) is 5.75 Å². The van der Waals surface area contributed by atoms with Crippen LogP contribution in [-0.4, -0.2) is 32.0 Å². The monoisotopic (exact) mass is 234 g/mol. The molecule has 1 aliphatic heterocycles. The van der Waals surface area contributed by atoms with Gasteiger partial charge in [0.25, 0.3) is 0 Å². The highest BCUT2D eigenvalue weighted by Gasteiger charge is 2.35. The lowest BCUT2D eigenvalue weighted by Crippen LogP contribution is -2.38. The van der Waals surface area contributed by atoms with Gasteiger partial charge in [-0.1, -0.05) is 12.1 Å². The van der Waals surface area contributed by atoms with Gasteiger partial charge in [-0.05, 0) is 17.7 Å². The third-order valence-electron chi connectivity index (χ3n) is 2.97. The summed E-state index contributed by atoms with van der Waals surface area (Å²) in [6.45, 7) is 0.538. The van der Waals surface area contributed by atoms with E-state index in [9.17, 15) is 9.59 Å². The van der Waals surface area contributed by atoms with E-state index in [0.29, 0.717) is 13.0 Å². The molecule has 1 fully saturated rings. The van der Waals surface area contributed by atoms with Crippen molar-refractivity contribution >= 4 is 12.3 Å². The largest absolute Gasteiger partial charge is 0.497 e. The quantitative estimate of drug-likeness (QED) is 0.722. The molecule has 1 unspecified atom stereocenters. The van der Waals surface area contributed by atoms with Crippen LogP contribution in [0.15, 0.2) is 24.3 Å². The topological polar surface area (TPSA) is 67.4 Å². The van der Waals surface area contributed by atoms with Gasteiger partial charge in [-0.2, -0.15) is 0 Å². The van der Waals surface area contributed by atoms with Crippen LogP contribution >= 0.6 is 0 Å². The predicted molar refractivity (Wildman–Crippen MR) is 61.7 cm³/mol. The Bertz CT molecular complexity index is 416. The first kappa shape index (κ1) is 11.4. The molecule has 2 N–H and O–H groups in total. The Hall–Kier alpha value is -2.04. The lowest BCUT2D eigenvalue weighted by atomic mass is 9.94. The minimum atomic E-state index is -0.485. The number of carbonyl (C=O) groups excluding carboxylic acids is 2. The van der Waals surface area contributed by atoms with Crippen molar-refractivity contribution in [3.63, 3.8) is 0 Å². The SMILES string of the molecule is COc1ccc([C@H]2CNC(=O)C2NC=O)cc1. The standard InChI is InChI=1S/C12H14N2O3/c1-17-9-4-2-8(3-5-9)10-6-13-12(16)11(10)14-7-15/h2-5,7,10-11H,6H2,1H3,(H,13,16)(H,14,15)/t10-,11?/m1/s1. The van der Waals surface area contributed by atoms with Crippen molar-refractivity contribution in [2.75, 3.05) is 13.7 Å². The fourth-order valence-corrected chi connectivity index (χ4v) is 2.05. The predicted octanol–water partition coefficient (Wildman–Crippen LogP) is 0.0232. The summed E-state index contributed by atoms with van der Waals surface area (Å²) in [6.07, 6.45) is 0.562. The van der Waals surface area contributed by atoms with Crippen LogP contribution in [0.4, 0.5) is 0 Å². The van der Waals surface area contributed by atoms with Gasteiger partial charge >= 0.3 is 0 Å². The summed E-state index contributed by atoms with van der Waals surface area (Å²) in [7, 11) is 1.60. The number of carbonyl (C=O) groups is 2. The molecular formula is C12H14N2O3. The highest BCUT2D eigenvalue weighted by atomic mass is 16.5. The molecule has 0 aliphatic carbocycles. The van der Waals surface area contributed by atoms with Crippen molar-refractivity contribution in [2.24, 2.45) is 0 Å². The van der Waals surface area contributed by atoms with Crippen molar-refractivity contribution in [1.82, 2.24) is 10.6 Å². The molecule has 2 amide bonds. The smallest absolute Gasteiger partial charge is 0.243 e. The molecule has 5 nitrogen and oxygen atoms in total. The van der Waals surface area contributed by atoms with E-state index in [1.807, 2.05) is 24.3 Å². The minimum Gasteiger partial charge on any atom is -0.497 e. The zero-order valence-electron chi connectivity index (χ0n) is 9.47. The second-order valence-corrected chi connectivity index (χ2v) is 3.89. The van der Waals surface area contributed by atoms with Gasteiger partial charge in [0.15, 0.2) is 0 Å². The number of amides is 2. The highest BCUT2D eigenvalue weighted by Crippen LogP contribution is 2.25. The van der Waals surface area contributed by atoms with Gasteiger partial charge in [0, 0.05) is 12.5 Å². The van der Waals surface area contributed by atoms with E-state index in [2.05, 4.69) is 10.6 Å². The normalized spacial score (nSPS) is 23.0. The molecule has 0 aromatic heterocycles. The van der Waals surface area contributed by atoms with E-state index >= 15 is 0 Å². The van der Waals surface area contributed by atoms with Gasteiger partial charge in [0.1, 0.15) is 11.8 Å². The third-order valence-corrected chi connectivity index (χ3v) is 2.97. The molecule has 2 atom stereocenters. The number of benzene rings is 1. The molecule has 1 aromatic carbocycles. The first-order valence-electron chi connectivity index (χ1n) is 5.37. The van der Waals surface area contributed by atoms with E-state index in [-0.39, 0.29) is 11.8 Å². The number of methoxy groups -OCH3 is 1. The molecule has 17 heavy (non-hydrogen) atoms. The lowest BCUT2D eigenvalue weighted by molar-refractivity contribution is -0.123. The Balaban J connectivity index is 2.19. The Morgan fingerprint density at radius 1 is 1.41 bits per heavy atom. The molecule has 1 saturated heterocycles. The fourth-order valence-electron chi connectivity index (χ4n) is 2.05. The molecular weight excluding hydrogens is 220 g/mol. The minimum absolute atomic E-state index is 0.0291. The lowest BCUT2D eigenvalue weighted by Gasteiger charge is -2.16. The zero-order valence-corrected chi connectivity index (χ0v) is 9.47. The van der Waals surface area contributed by atoms with Crippen LogP contribution in [-0.2, 0) is 9.59 Å². The Morgan fingerprint density at radius 2 is 2.12 bits per heavy atom. The molecule has 1 heterocycles. The summed E-state index contributed by atoms with van der Waals surface area (Å²) in [4.78, 5) is 22.0. The Kier molecular flexibility index (Phi) is 3.27. The van der Waals surface area contributed by atoms with Crippen LogP contribution in [0.1, 0.15) is 11.5 Å². The number of hydrogen-bond acceptors (Lipinski definition) is 3. The van der Waals surface area contributed by atoms with Gasteiger partial charge in [-0.25, -0.2) is 0 Å². The third kappa shape index (κ3) is 2.22. The van der Waals surface area contributed by atoms with Crippen LogP contribution in [0.25, 0.3) is 0 Å². The van der Waals surface area contributed by atoms with Crippen LogP contribution in [0.3, 0.4) is 0 Å². The van der Waals surface area contributed by atoms with Gasteiger partial charge in [-0.15, -0.1) is 0 Å². The molecule has 0 radical (unpaired) electrons. The van der Waals surface area contributed by atoms with Crippen molar-refractivity contribution in [3.8, 4) is 5.75 Å². The summed E-state index contributed by atoms with van der Waals surface area (Å²) in [5, 5.41) is 5.29. The van der Waals surface area contributed by atoms with E-state index < -0.39 is 6.04 Å². The van der Waals surface area contributed by atoms with Crippen molar-refractivity contribution in [3.05, 3.63) is 29.8 Å². The Morgan fingerprint density at radius 3 is 2.71 bits per heavy atom. The molecule has 1 aromatic rings. The molecule has 2 rings (SSSR count). The van der Waals surface area contributed by atoms with Crippen molar-refractivity contribution < 1.29 is 14.3 Å². The van der Waals surface area contributed by atoms with Crippen LogP contribution in [0, 0.1) is 0 Å². The number of ether oxygens (including phenoxy) is 1. The van der Waals surface area contributed by atoms with Gasteiger partial charge < -0.3 is 15.4 Å². The summed E-state index contributed by atoms with van der Waals surface area (Å²) in [6, 6.07) is 7.01. The molecule has 0 bridgehead atoms. The summed E-state index contributed by atoms with van der Waals surface area (Å²) >= 11 is 0. The molecule has 0 spiro atoms. The summed E-state index contributed by atoms with van der Waals surface area (Å²) < 4.78 is 5.07. The number of nitrogens with one attached hydrogen (secondary N) is 2. The molecule has 0 saturated carbocycles. The molecule has 1 aliphatic rings. The highest BCUT2D eigenvalue weighted by molar-refractivity contribution is 5.87. The van der Waals surface area contributed by atoms with Gasteiger partial charge in [0.2, 0.25) is 12.3 Å². The van der Waals surface area contributed by atoms with Gasteiger partial charge in [-0.3, -0.25) is 9.59 Å².